The Morgan fingerprint density at radius 3 is 2.56 bits per heavy atom. The summed E-state index contributed by atoms with van der Waals surface area (Å²) in [5, 5.41) is 5.88. The van der Waals surface area contributed by atoms with E-state index in [9.17, 15) is 9.59 Å². The van der Waals surface area contributed by atoms with Crippen LogP contribution in [-0.4, -0.2) is 24.4 Å². The zero-order valence-electron chi connectivity index (χ0n) is 15.6. The molecule has 0 aliphatic heterocycles. The van der Waals surface area contributed by atoms with E-state index < -0.39 is 6.04 Å². The Hall–Kier alpha value is -2.10. The highest BCUT2D eigenvalue weighted by Gasteiger charge is 2.24. The molecule has 0 fully saturated rings. The molecule has 1 atom stereocenters. The fourth-order valence-corrected chi connectivity index (χ4v) is 3.17. The molecular weight excluding hydrogens is 312 g/mol. The highest BCUT2D eigenvalue weighted by Crippen LogP contribution is 2.19. The van der Waals surface area contributed by atoms with Gasteiger partial charge in [-0.2, -0.15) is 0 Å². The summed E-state index contributed by atoms with van der Waals surface area (Å²) in [6.07, 6.45) is 8.03. The van der Waals surface area contributed by atoms with E-state index in [0.29, 0.717) is 12.1 Å². The number of carbonyl (C=O) groups is 2. The average Bonchev–Trinajstić information content (AvgIpc) is 2.60. The molecule has 2 N–H and O–H groups in total. The summed E-state index contributed by atoms with van der Waals surface area (Å²) >= 11 is 0. The number of carbonyl (C=O) groups excluding carboxylic acids is 2. The lowest BCUT2D eigenvalue weighted by molar-refractivity contribution is -0.123. The van der Waals surface area contributed by atoms with Gasteiger partial charge in [0.05, 0.1) is 0 Å². The number of rotatable bonds is 7. The van der Waals surface area contributed by atoms with Crippen LogP contribution in [0.4, 0.5) is 0 Å². The van der Waals surface area contributed by atoms with Gasteiger partial charge in [-0.25, -0.2) is 0 Å². The lowest BCUT2D eigenvalue weighted by Gasteiger charge is -2.22. The van der Waals surface area contributed by atoms with E-state index >= 15 is 0 Å². The van der Waals surface area contributed by atoms with Crippen molar-refractivity contribution in [3.05, 3.63) is 47.0 Å². The van der Waals surface area contributed by atoms with Gasteiger partial charge in [0.2, 0.25) is 5.91 Å². The summed E-state index contributed by atoms with van der Waals surface area (Å²) in [5.74, 6) is -0.267. The van der Waals surface area contributed by atoms with E-state index in [2.05, 4.69) is 16.7 Å². The topological polar surface area (TPSA) is 58.2 Å². The highest BCUT2D eigenvalue weighted by atomic mass is 16.2. The fourth-order valence-electron chi connectivity index (χ4n) is 3.17. The molecule has 2 amide bonds. The minimum atomic E-state index is -0.521. The van der Waals surface area contributed by atoms with Gasteiger partial charge in [-0.3, -0.25) is 9.59 Å². The molecule has 1 aromatic carbocycles. The van der Waals surface area contributed by atoms with Gasteiger partial charge >= 0.3 is 0 Å². The van der Waals surface area contributed by atoms with E-state index in [1.54, 1.807) is 6.07 Å². The molecule has 0 spiro atoms. The Morgan fingerprint density at radius 1 is 1.16 bits per heavy atom. The second-order valence-corrected chi connectivity index (χ2v) is 7.16. The number of hydrogen-bond acceptors (Lipinski definition) is 2. The molecule has 0 radical (unpaired) electrons. The van der Waals surface area contributed by atoms with Crippen LogP contribution in [0, 0.1) is 12.8 Å². The largest absolute Gasteiger partial charge is 0.354 e. The maximum atomic E-state index is 12.5. The van der Waals surface area contributed by atoms with Crippen LogP contribution in [0.25, 0.3) is 0 Å². The van der Waals surface area contributed by atoms with E-state index in [1.165, 1.54) is 18.4 Å². The smallest absolute Gasteiger partial charge is 0.252 e. The predicted octanol–water partition coefficient (Wildman–Crippen LogP) is 3.76. The Morgan fingerprint density at radius 2 is 1.92 bits per heavy atom. The van der Waals surface area contributed by atoms with Crippen LogP contribution in [0.15, 0.2) is 35.9 Å². The van der Waals surface area contributed by atoms with Crippen molar-refractivity contribution in [1.29, 1.82) is 0 Å². The zero-order valence-corrected chi connectivity index (χ0v) is 15.6. The first-order valence-corrected chi connectivity index (χ1v) is 9.31. The summed E-state index contributed by atoms with van der Waals surface area (Å²) in [5.41, 5.74) is 2.97. The number of amides is 2. The SMILES string of the molecule is Cc1ccccc1C(=O)N[C@H](C(=O)NCCC1=CCCCC1)C(C)C. The number of nitrogens with one attached hydrogen (secondary N) is 2. The third-order valence-electron chi connectivity index (χ3n) is 4.76. The van der Waals surface area contributed by atoms with Crippen LogP contribution < -0.4 is 10.6 Å². The van der Waals surface area contributed by atoms with E-state index in [4.69, 9.17) is 0 Å². The summed E-state index contributed by atoms with van der Waals surface area (Å²) in [4.78, 5) is 25.0. The van der Waals surface area contributed by atoms with Gasteiger partial charge in [0.1, 0.15) is 6.04 Å². The van der Waals surface area contributed by atoms with Gasteiger partial charge in [0.25, 0.3) is 5.91 Å². The number of aryl methyl sites for hydroxylation is 1. The van der Waals surface area contributed by atoms with Crippen LogP contribution in [0.3, 0.4) is 0 Å². The lowest BCUT2D eigenvalue weighted by atomic mass is 9.97. The quantitative estimate of drug-likeness (QED) is 0.741. The van der Waals surface area contributed by atoms with Gasteiger partial charge in [-0.1, -0.05) is 43.7 Å². The molecule has 2 rings (SSSR count). The van der Waals surface area contributed by atoms with Crippen molar-refractivity contribution < 1.29 is 9.59 Å². The summed E-state index contributed by atoms with van der Waals surface area (Å²) in [6, 6.07) is 6.91. The van der Waals surface area contributed by atoms with Crippen molar-refractivity contribution in [2.24, 2.45) is 5.92 Å². The van der Waals surface area contributed by atoms with Crippen molar-refractivity contribution in [2.75, 3.05) is 6.54 Å². The lowest BCUT2D eigenvalue weighted by Crippen LogP contribution is -2.50. The van der Waals surface area contributed by atoms with Gasteiger partial charge < -0.3 is 10.6 Å². The van der Waals surface area contributed by atoms with Gasteiger partial charge in [0.15, 0.2) is 0 Å². The normalized spacial score (nSPS) is 15.4. The van der Waals surface area contributed by atoms with Gasteiger partial charge in [0, 0.05) is 12.1 Å². The Kier molecular flexibility index (Phi) is 7.23. The number of hydrogen-bond donors (Lipinski definition) is 2. The predicted molar refractivity (Wildman–Crippen MR) is 101 cm³/mol. The minimum absolute atomic E-state index is 0.0295. The molecule has 4 nitrogen and oxygen atoms in total. The van der Waals surface area contributed by atoms with Crippen LogP contribution in [0.5, 0.6) is 0 Å². The standard InChI is InChI=1S/C21H30N2O2/c1-15(2)19(23-20(24)18-12-8-7-9-16(18)3)21(25)22-14-13-17-10-5-4-6-11-17/h7-10,12,15,19H,4-6,11,13-14H2,1-3H3,(H,22,25)(H,23,24)/t19-/m0/s1. The maximum Gasteiger partial charge on any atom is 0.252 e. The zero-order chi connectivity index (χ0) is 18.2. The minimum Gasteiger partial charge on any atom is -0.354 e. The molecule has 136 valence electrons. The molecule has 0 aromatic heterocycles. The molecule has 1 aromatic rings. The maximum absolute atomic E-state index is 12.5. The van der Waals surface area contributed by atoms with Crippen molar-refractivity contribution in [3.63, 3.8) is 0 Å². The molecule has 0 bridgehead atoms. The van der Waals surface area contributed by atoms with Gasteiger partial charge in [-0.15, -0.1) is 0 Å². The van der Waals surface area contributed by atoms with E-state index in [0.717, 1.165) is 24.8 Å². The second kappa shape index (κ2) is 9.40. The first kappa shape index (κ1) is 19.2. The fraction of sp³-hybridized carbons (Fsp3) is 0.524. The van der Waals surface area contributed by atoms with Gasteiger partial charge in [-0.05, 0) is 56.6 Å². The first-order valence-electron chi connectivity index (χ1n) is 9.31. The Balaban J connectivity index is 1.90. The second-order valence-electron chi connectivity index (χ2n) is 7.16. The first-order chi connectivity index (χ1) is 12.0. The molecule has 0 unspecified atom stereocenters. The average molecular weight is 342 g/mol. The third kappa shape index (κ3) is 5.73. The molecule has 4 heteroatoms. The van der Waals surface area contributed by atoms with Crippen LogP contribution >= 0.6 is 0 Å². The van der Waals surface area contributed by atoms with Crippen LogP contribution in [0.1, 0.15) is 61.9 Å². The van der Waals surface area contributed by atoms with Crippen molar-refractivity contribution in [1.82, 2.24) is 10.6 Å². The van der Waals surface area contributed by atoms with Crippen molar-refractivity contribution in [2.45, 2.75) is 58.9 Å². The van der Waals surface area contributed by atoms with Crippen molar-refractivity contribution in [3.8, 4) is 0 Å². The summed E-state index contributed by atoms with van der Waals surface area (Å²) in [7, 11) is 0. The summed E-state index contributed by atoms with van der Waals surface area (Å²) < 4.78 is 0. The number of benzene rings is 1. The molecule has 25 heavy (non-hydrogen) atoms. The van der Waals surface area contributed by atoms with E-state index in [-0.39, 0.29) is 17.7 Å². The summed E-state index contributed by atoms with van der Waals surface area (Å²) in [6.45, 7) is 6.43. The van der Waals surface area contributed by atoms with Crippen LogP contribution in [0.2, 0.25) is 0 Å². The molecule has 1 aliphatic carbocycles. The molecule has 1 aliphatic rings. The molecule has 0 saturated carbocycles. The number of allylic oxidation sites excluding steroid dienone is 1. The molecule has 0 saturated heterocycles. The Labute approximate surface area is 151 Å². The monoisotopic (exact) mass is 342 g/mol. The van der Waals surface area contributed by atoms with Crippen molar-refractivity contribution >= 4 is 11.8 Å². The van der Waals surface area contributed by atoms with Crippen LogP contribution in [-0.2, 0) is 4.79 Å². The van der Waals surface area contributed by atoms with E-state index in [1.807, 2.05) is 39.0 Å². The Bertz CT molecular complexity index is 635. The molecular formula is C21H30N2O2. The molecule has 0 heterocycles. The third-order valence-corrected chi connectivity index (χ3v) is 4.76. The highest BCUT2D eigenvalue weighted by molar-refractivity contribution is 5.98.